The molecule has 0 unspecified atom stereocenters. The predicted octanol–water partition coefficient (Wildman–Crippen LogP) is 18.8. The van der Waals surface area contributed by atoms with Crippen LogP contribution in [0.2, 0.25) is 0 Å². The summed E-state index contributed by atoms with van der Waals surface area (Å²) in [6, 6.07) is 84.4. The maximum Gasteiger partial charge on any atom is 1.00 e. The average Bonchev–Trinajstić information content (AvgIpc) is 0.847. The summed E-state index contributed by atoms with van der Waals surface area (Å²) in [5.74, 6) is 9.33. The van der Waals surface area contributed by atoms with Gasteiger partial charge < -0.3 is 69.5 Å². The number of nitrogens with two attached hydrogens (primary N) is 1. The summed E-state index contributed by atoms with van der Waals surface area (Å²) in [6.07, 6.45) is 11.0. The van der Waals surface area contributed by atoms with Crippen LogP contribution in [0.1, 0.15) is 115 Å². The standard InChI is InChI=1S/C66H54N6O15P4S4.C21H15O6PS.C7H8O.CH5Cl2N2PS.CH2O3.Cs/c1-70(88(92,79-58-28-10-52(43-73)11-29-58)80-59-30-12-53(44-74)13-31-59)67-40-49-4-22-64(23-5-49)85-91(95,86-65-24-6-50(7-25-65)41-68-71(2)89(93,81-60-32-14-54(45-75)15-33-60)82-61-34-16-55(46-76)17-35-61)87-66-26-8-51(9-27-66)42-69-72(3)90(94,83-62-36-18-56(47-77)19-37-62)84-63-38-20-57(48-78)21-39-63;22-13-16-1-7-19(8-2-16)25-28(29,26-20-9-3-17(14-23)4-10-20)27-21-11-5-18(15-24)6-12-21;1-6-2-4-7(8)5-3-6;1-5(4)6(2,3)7;2-1-4-3;/h4-48H,1-3H3;1-15H;2-5,8H,1H3;4H2,1H3;1,3H;/q;;;;;+1/p-1/b67-40+,68-41+,69-42+;;;;;. The number of rotatable bonds is 44. The van der Waals surface area contributed by atoms with Gasteiger partial charge in [0.1, 0.15) is 131 Å². The molecule has 13 aromatic carbocycles. The Morgan fingerprint density at radius 1 is 0.271 bits per heavy atom. The molecule has 0 aliphatic heterocycles. The second kappa shape index (κ2) is 58.7. The van der Waals surface area contributed by atoms with E-state index in [1.54, 1.807) is 332 Å². The first-order chi connectivity index (χ1) is 68.5. The van der Waals surface area contributed by atoms with Crippen LogP contribution in [0.4, 0.5) is 0 Å². The third kappa shape index (κ3) is 39.2. The number of hydrogen-bond donors (Lipinski definition) is 2. The molecule has 0 amide bonds. The van der Waals surface area contributed by atoms with Gasteiger partial charge in [0, 0.05) is 137 Å². The molecular formula is C96H83Cl2CsN8O25P6S6. The molecule has 0 fully saturated rings. The normalized spacial score (nSPS) is 11.1. The quantitative estimate of drug-likeness (QED) is 0.00894. The van der Waals surface area contributed by atoms with E-state index in [0.29, 0.717) is 162 Å². The molecule has 13 aromatic rings. The van der Waals surface area contributed by atoms with Crippen LogP contribution in [0.25, 0.3) is 0 Å². The van der Waals surface area contributed by atoms with E-state index in [0.717, 1.165) is 23.6 Å². The molecule has 13 rings (SSSR count). The maximum absolute atomic E-state index is 11.4. The number of aromatic hydroxyl groups is 1. The van der Waals surface area contributed by atoms with E-state index in [9.17, 15) is 43.2 Å². The van der Waals surface area contributed by atoms with Crippen LogP contribution in [0.15, 0.2) is 331 Å². The summed E-state index contributed by atoms with van der Waals surface area (Å²) >= 11 is 45.1. The summed E-state index contributed by atoms with van der Waals surface area (Å²) in [5.41, 5.74) is 7.04. The number of halogens is 2. The SMILES string of the molecule is CN(/N=C/c1ccc(OP(=S)(Oc2ccc(/C=N/N(C)P(=S)(Oc3ccc(C=O)cc3)Oc3ccc(C=O)cc3)cc2)Oc2ccc(/C=N/N(C)P(=S)(Oc3ccc(C=O)cc3)Oc3ccc(C=O)cc3)cc2)cc1)P(=S)(Oc1ccc(C=O)cc1)Oc1ccc(C=O)cc1.CN(N)P(=S)(Cl)Cl.Cc1ccc(O)cc1.O=CO[O-].O=Cc1ccc(OP(=S)(Oc2ccc(C=O)cc2)Oc2ccc(C=O)cc2)cc1.[Cs+]. The Morgan fingerprint density at radius 3 is 0.521 bits per heavy atom. The Labute approximate surface area is 927 Å². The van der Waals surface area contributed by atoms with Crippen molar-refractivity contribution < 1.29 is 186 Å². The van der Waals surface area contributed by atoms with Gasteiger partial charge in [0.25, 0.3) is 6.47 Å². The van der Waals surface area contributed by atoms with Crippen LogP contribution in [-0.4, -0.2) is 134 Å². The first-order valence-corrected chi connectivity index (χ1v) is 58.4. The zero-order chi connectivity index (χ0) is 104. The van der Waals surface area contributed by atoms with E-state index >= 15 is 0 Å². The molecule has 0 aliphatic rings. The molecule has 0 aliphatic carbocycles. The van der Waals surface area contributed by atoms with Crippen molar-refractivity contribution in [1.29, 1.82) is 0 Å². The summed E-state index contributed by atoms with van der Waals surface area (Å²) in [6.45, 7) is -15.9. The van der Waals surface area contributed by atoms with E-state index in [1.807, 2.05) is 19.1 Å². The van der Waals surface area contributed by atoms with Gasteiger partial charge in [-0.1, -0.05) is 40.2 Å². The fourth-order valence-electron chi connectivity index (χ4n) is 10.6. The minimum absolute atomic E-state index is 0. The smallest absolute Gasteiger partial charge is 0.662 e. The molecule has 738 valence electrons. The monoisotopic (exact) mass is 2330 g/mol. The van der Waals surface area contributed by atoms with E-state index in [1.165, 1.54) is 38.5 Å². The Balaban J connectivity index is 0.000000419. The molecule has 0 atom stereocenters. The first-order valence-electron chi connectivity index (χ1n) is 40.9. The van der Waals surface area contributed by atoms with Crippen LogP contribution in [0, 0.1) is 6.92 Å². The molecule has 0 saturated heterocycles. The van der Waals surface area contributed by atoms with E-state index in [4.69, 9.17) is 157 Å². The summed E-state index contributed by atoms with van der Waals surface area (Å²) in [5, 5.41) is 31.0. The molecule has 0 bridgehead atoms. The number of hydrogen-bond acceptors (Lipinski definition) is 35. The number of carbonyl (C=O) groups is 10. The Kier molecular flexibility index (Phi) is 48.0. The van der Waals surface area contributed by atoms with Crippen molar-refractivity contribution in [3.05, 3.63) is 388 Å². The molecule has 3 N–H and O–H groups in total. The first kappa shape index (κ1) is 118. The van der Waals surface area contributed by atoms with Gasteiger partial charge in [0.2, 0.25) is 0 Å². The largest absolute Gasteiger partial charge is 1.00 e. The van der Waals surface area contributed by atoms with Crippen molar-refractivity contribution in [3.8, 4) is 74.7 Å². The minimum atomic E-state index is -3.86. The van der Waals surface area contributed by atoms with Gasteiger partial charge in [-0.25, -0.2) is 14.3 Å². The molecule has 48 heteroatoms. The van der Waals surface area contributed by atoms with Gasteiger partial charge in [0.05, 0.1) is 18.6 Å². The van der Waals surface area contributed by atoms with Crippen LogP contribution in [0.5, 0.6) is 74.7 Å². The summed E-state index contributed by atoms with van der Waals surface area (Å²) in [7, 11) is 6.34. The zero-order valence-corrected chi connectivity index (χ0v) is 94.4. The van der Waals surface area contributed by atoms with Gasteiger partial charge in [0.15, 0.2) is 4.89 Å². The van der Waals surface area contributed by atoms with Gasteiger partial charge in [-0.05, 0) is 339 Å². The van der Waals surface area contributed by atoms with Crippen molar-refractivity contribution in [2.45, 2.75) is 6.92 Å². The van der Waals surface area contributed by atoms with Crippen LogP contribution >= 0.6 is 60.7 Å². The number of phenolic OH excluding ortho intramolecular Hbond substituents is 1. The number of nitrogens with zero attached hydrogens (tertiary/aromatic N) is 7. The molecular weight excluding hydrogens is 2250 g/mol. The number of hydrazine groups is 1. The fourth-order valence-corrected chi connectivity index (χ4v) is 20.3. The van der Waals surface area contributed by atoms with Gasteiger partial charge in [-0.2, -0.15) is 20.1 Å². The Bertz CT molecular complexity index is 6110. The van der Waals surface area contributed by atoms with Crippen LogP contribution in [0.3, 0.4) is 0 Å². The van der Waals surface area contributed by atoms with Gasteiger partial charge in [-0.3, -0.25) is 53.8 Å². The van der Waals surface area contributed by atoms with E-state index < -0.39 is 38.3 Å². The molecule has 0 spiro atoms. The third-order valence-corrected chi connectivity index (χ3v) is 33.5. The molecule has 33 nitrogen and oxygen atoms in total. The zero-order valence-electron chi connectivity index (χ0n) is 76.4. The van der Waals surface area contributed by atoms with Crippen LogP contribution < -0.4 is 134 Å². The van der Waals surface area contributed by atoms with Crippen molar-refractivity contribution in [2.75, 3.05) is 28.2 Å². The fraction of sp³-hybridized carbons (Fsp3) is 0.0521. The number of carbonyl (C=O) groups excluding carboxylic acids is 10. The Morgan fingerprint density at radius 2 is 0.403 bits per heavy atom. The van der Waals surface area contributed by atoms with Crippen molar-refractivity contribution >= 4 is 213 Å². The second-order valence-electron chi connectivity index (χ2n) is 28.5. The van der Waals surface area contributed by atoms with Crippen molar-refractivity contribution in [3.63, 3.8) is 0 Å². The minimum Gasteiger partial charge on any atom is -0.662 e. The predicted molar refractivity (Wildman–Crippen MR) is 569 cm³/mol. The van der Waals surface area contributed by atoms with E-state index in [-0.39, 0.29) is 92.6 Å². The van der Waals surface area contributed by atoms with Crippen LogP contribution in [-0.2, 0) is 80.5 Å². The Hall–Kier alpha value is -11.4. The number of hydrazone groups is 3. The topological polar surface area (TPSA) is 410 Å². The second-order valence-corrected chi connectivity index (χ2v) is 51.6. The molecule has 0 saturated carbocycles. The van der Waals surface area contributed by atoms with Crippen molar-refractivity contribution in [1.82, 2.24) is 19.1 Å². The molecule has 0 radical (unpaired) electrons. The molecule has 0 aromatic heterocycles. The number of phenols is 1. The third-order valence-electron chi connectivity index (χ3n) is 18.0. The number of aldehydes is 9. The van der Waals surface area contributed by atoms with Gasteiger partial charge in [-0.15, -0.1) is 0 Å². The molecule has 0 heterocycles. The van der Waals surface area contributed by atoms with Gasteiger partial charge >= 0.3 is 102 Å². The van der Waals surface area contributed by atoms with E-state index in [2.05, 4.69) is 32.0 Å². The summed E-state index contributed by atoms with van der Waals surface area (Å²) < 4.78 is 79.9. The summed E-state index contributed by atoms with van der Waals surface area (Å²) in [4.78, 5) is 110. The van der Waals surface area contributed by atoms with Crippen molar-refractivity contribution in [2.24, 2.45) is 21.1 Å². The number of benzene rings is 13. The average molecular weight is 2330 g/mol. The number of aryl methyl sites for hydroxylation is 1. The molecule has 144 heavy (non-hydrogen) atoms. The maximum atomic E-state index is 11.4.